The van der Waals surface area contributed by atoms with Crippen LogP contribution in [-0.4, -0.2) is 35.4 Å². The van der Waals surface area contributed by atoms with Crippen LogP contribution in [0.4, 0.5) is 16.2 Å². The summed E-state index contributed by atoms with van der Waals surface area (Å²) in [6.45, 7) is 0.328. The second kappa shape index (κ2) is 4.44. The fourth-order valence-corrected chi connectivity index (χ4v) is 1.79. The van der Waals surface area contributed by atoms with Gasteiger partial charge >= 0.3 is 6.03 Å². The standard InChI is InChI=1S/C11H11N3O4/c1-12-7-6-10(15)13(11(12)16)8-4-2-3-5-9(8)14(17)18/h2-5H,6-7H2,1H3. The van der Waals surface area contributed by atoms with Gasteiger partial charge in [0.15, 0.2) is 0 Å². The molecule has 7 nitrogen and oxygen atoms in total. The first-order chi connectivity index (χ1) is 8.52. The largest absolute Gasteiger partial charge is 0.331 e. The number of nitro benzene ring substituents is 1. The maximum Gasteiger partial charge on any atom is 0.331 e. The predicted octanol–water partition coefficient (Wildman–Crippen LogP) is 1.38. The number of benzene rings is 1. The summed E-state index contributed by atoms with van der Waals surface area (Å²) in [7, 11) is 1.55. The minimum atomic E-state index is -0.607. The maximum absolute atomic E-state index is 11.9. The van der Waals surface area contributed by atoms with Gasteiger partial charge in [0.2, 0.25) is 5.91 Å². The summed E-state index contributed by atoms with van der Waals surface area (Å²) >= 11 is 0. The summed E-state index contributed by atoms with van der Waals surface area (Å²) in [6.07, 6.45) is 0.161. The third-order valence-corrected chi connectivity index (χ3v) is 2.75. The van der Waals surface area contributed by atoms with E-state index in [2.05, 4.69) is 0 Å². The zero-order valence-electron chi connectivity index (χ0n) is 9.70. The van der Waals surface area contributed by atoms with Gasteiger partial charge in [-0.1, -0.05) is 12.1 Å². The van der Waals surface area contributed by atoms with Gasteiger partial charge in [0, 0.05) is 26.1 Å². The summed E-state index contributed by atoms with van der Waals surface area (Å²) in [5, 5.41) is 10.9. The van der Waals surface area contributed by atoms with E-state index in [0.29, 0.717) is 6.54 Å². The van der Waals surface area contributed by atoms with Crippen LogP contribution in [0.5, 0.6) is 0 Å². The molecule has 1 fully saturated rings. The average molecular weight is 249 g/mol. The highest BCUT2D eigenvalue weighted by Crippen LogP contribution is 2.30. The van der Waals surface area contributed by atoms with Crippen LogP contribution in [0.25, 0.3) is 0 Å². The van der Waals surface area contributed by atoms with Crippen LogP contribution in [-0.2, 0) is 4.79 Å². The molecule has 0 N–H and O–H groups in total. The van der Waals surface area contributed by atoms with E-state index in [-0.39, 0.29) is 17.8 Å². The van der Waals surface area contributed by atoms with E-state index in [1.165, 1.54) is 23.1 Å². The molecule has 1 saturated heterocycles. The number of amides is 3. The quantitative estimate of drug-likeness (QED) is 0.585. The Balaban J connectivity index is 2.50. The Morgan fingerprint density at radius 1 is 1.28 bits per heavy atom. The van der Waals surface area contributed by atoms with Crippen molar-refractivity contribution in [1.82, 2.24) is 4.90 Å². The van der Waals surface area contributed by atoms with Crippen molar-refractivity contribution in [2.45, 2.75) is 6.42 Å². The van der Waals surface area contributed by atoms with Crippen LogP contribution in [0.3, 0.4) is 0 Å². The van der Waals surface area contributed by atoms with Crippen molar-refractivity contribution in [2.24, 2.45) is 0 Å². The minimum absolute atomic E-state index is 0.0176. The van der Waals surface area contributed by atoms with E-state index in [9.17, 15) is 19.7 Å². The minimum Gasteiger partial charge on any atom is -0.327 e. The molecule has 18 heavy (non-hydrogen) atoms. The molecule has 0 spiro atoms. The number of imide groups is 1. The van der Waals surface area contributed by atoms with E-state index in [4.69, 9.17) is 0 Å². The topological polar surface area (TPSA) is 83.8 Å². The molecule has 0 bridgehead atoms. The van der Waals surface area contributed by atoms with Gasteiger partial charge in [-0.05, 0) is 6.07 Å². The molecule has 1 aromatic carbocycles. The zero-order chi connectivity index (χ0) is 13.3. The summed E-state index contributed by atoms with van der Waals surface area (Å²) in [5.41, 5.74) is -0.237. The summed E-state index contributed by atoms with van der Waals surface area (Å²) < 4.78 is 0. The molecule has 94 valence electrons. The first kappa shape index (κ1) is 12.0. The van der Waals surface area contributed by atoms with E-state index in [1.54, 1.807) is 13.1 Å². The van der Waals surface area contributed by atoms with Crippen LogP contribution < -0.4 is 4.90 Å². The molecular formula is C11H11N3O4. The fourth-order valence-electron chi connectivity index (χ4n) is 1.79. The predicted molar refractivity (Wildman–Crippen MR) is 63.2 cm³/mol. The van der Waals surface area contributed by atoms with Gasteiger partial charge < -0.3 is 4.90 Å². The zero-order valence-corrected chi connectivity index (χ0v) is 9.70. The van der Waals surface area contributed by atoms with E-state index < -0.39 is 16.9 Å². The molecule has 0 radical (unpaired) electrons. The Kier molecular flexibility index (Phi) is 2.97. The van der Waals surface area contributed by atoms with Crippen LogP contribution in [0.1, 0.15) is 6.42 Å². The number of hydrogen-bond acceptors (Lipinski definition) is 4. The number of nitrogens with zero attached hydrogens (tertiary/aromatic N) is 3. The van der Waals surface area contributed by atoms with Gasteiger partial charge in [0.05, 0.1) is 4.92 Å². The van der Waals surface area contributed by atoms with Crippen LogP contribution in [0.15, 0.2) is 24.3 Å². The molecule has 3 amide bonds. The van der Waals surface area contributed by atoms with Crippen molar-refractivity contribution >= 4 is 23.3 Å². The van der Waals surface area contributed by atoms with Crippen LogP contribution in [0, 0.1) is 10.1 Å². The Hall–Kier alpha value is -2.44. The van der Waals surface area contributed by atoms with Crippen molar-refractivity contribution < 1.29 is 14.5 Å². The normalized spacial score (nSPS) is 16.1. The lowest BCUT2D eigenvalue weighted by Crippen LogP contribution is -2.51. The third kappa shape index (κ3) is 1.90. The van der Waals surface area contributed by atoms with Crippen molar-refractivity contribution in [3.8, 4) is 0 Å². The molecule has 7 heteroatoms. The molecular weight excluding hydrogens is 238 g/mol. The highest BCUT2D eigenvalue weighted by atomic mass is 16.6. The molecule has 1 aliphatic heterocycles. The van der Waals surface area contributed by atoms with Crippen molar-refractivity contribution in [2.75, 3.05) is 18.5 Å². The van der Waals surface area contributed by atoms with Gasteiger partial charge in [-0.25, -0.2) is 9.69 Å². The Labute approximate surface area is 103 Å². The van der Waals surface area contributed by atoms with Gasteiger partial charge in [-0.3, -0.25) is 14.9 Å². The molecule has 0 unspecified atom stereocenters. The van der Waals surface area contributed by atoms with E-state index >= 15 is 0 Å². The summed E-state index contributed by atoms with van der Waals surface area (Å²) in [5.74, 6) is -0.424. The number of carbonyl (C=O) groups excluding carboxylic acids is 2. The third-order valence-electron chi connectivity index (χ3n) is 2.75. The number of nitro groups is 1. The van der Waals surface area contributed by atoms with Gasteiger partial charge in [-0.15, -0.1) is 0 Å². The number of rotatable bonds is 2. The van der Waals surface area contributed by atoms with Crippen molar-refractivity contribution in [1.29, 1.82) is 0 Å². The monoisotopic (exact) mass is 249 g/mol. The average Bonchev–Trinajstić information content (AvgIpc) is 2.35. The highest BCUT2D eigenvalue weighted by Gasteiger charge is 2.34. The number of carbonyl (C=O) groups is 2. The lowest BCUT2D eigenvalue weighted by Gasteiger charge is -2.31. The second-order valence-corrected chi connectivity index (χ2v) is 3.93. The summed E-state index contributed by atoms with van der Waals surface area (Å²) in [6, 6.07) is 5.17. The molecule has 1 aliphatic rings. The summed E-state index contributed by atoms with van der Waals surface area (Å²) in [4.78, 5) is 36.2. The Morgan fingerprint density at radius 3 is 2.61 bits per heavy atom. The van der Waals surface area contributed by atoms with Gasteiger partial charge in [0.1, 0.15) is 5.69 Å². The molecule has 2 rings (SSSR count). The molecule has 1 aromatic rings. The van der Waals surface area contributed by atoms with E-state index in [0.717, 1.165) is 4.90 Å². The van der Waals surface area contributed by atoms with E-state index in [1.807, 2.05) is 0 Å². The van der Waals surface area contributed by atoms with Gasteiger partial charge in [-0.2, -0.15) is 0 Å². The second-order valence-electron chi connectivity index (χ2n) is 3.93. The number of urea groups is 1. The number of para-hydroxylation sites is 2. The van der Waals surface area contributed by atoms with Crippen LogP contribution in [0.2, 0.25) is 0 Å². The van der Waals surface area contributed by atoms with Crippen molar-refractivity contribution in [3.63, 3.8) is 0 Å². The first-order valence-electron chi connectivity index (χ1n) is 5.34. The fraction of sp³-hybridized carbons (Fsp3) is 0.273. The molecule has 0 atom stereocenters. The van der Waals surface area contributed by atoms with Crippen LogP contribution >= 0.6 is 0 Å². The Bertz CT molecular complexity index is 529. The Morgan fingerprint density at radius 2 is 1.94 bits per heavy atom. The number of hydrogen-bond donors (Lipinski definition) is 0. The van der Waals surface area contributed by atoms with Gasteiger partial charge in [0.25, 0.3) is 5.69 Å². The SMILES string of the molecule is CN1CCC(=O)N(c2ccccc2[N+](=O)[O-])C1=O. The lowest BCUT2D eigenvalue weighted by molar-refractivity contribution is -0.384. The molecule has 0 saturated carbocycles. The maximum atomic E-state index is 11.9. The van der Waals surface area contributed by atoms with Crippen molar-refractivity contribution in [3.05, 3.63) is 34.4 Å². The lowest BCUT2D eigenvalue weighted by atomic mass is 10.2. The molecule has 1 heterocycles. The molecule has 0 aromatic heterocycles. The highest BCUT2D eigenvalue weighted by molar-refractivity contribution is 6.16. The molecule has 0 aliphatic carbocycles. The smallest absolute Gasteiger partial charge is 0.327 e. The first-order valence-corrected chi connectivity index (χ1v) is 5.34. The number of anilines is 1.